The van der Waals surface area contributed by atoms with Crippen molar-refractivity contribution in [2.75, 3.05) is 5.32 Å². The van der Waals surface area contributed by atoms with Crippen LogP contribution in [0, 0.1) is 13.8 Å². The summed E-state index contributed by atoms with van der Waals surface area (Å²) < 4.78 is 0. The molecule has 1 aromatic carbocycles. The van der Waals surface area contributed by atoms with E-state index in [4.69, 9.17) is 11.6 Å². The van der Waals surface area contributed by atoms with Crippen molar-refractivity contribution < 1.29 is 4.79 Å². The number of carbonyl (C=O) groups is 1. The zero-order valence-electron chi connectivity index (χ0n) is 12.1. The first kappa shape index (κ1) is 15.8. The van der Waals surface area contributed by atoms with Gasteiger partial charge in [0.2, 0.25) is 5.91 Å². The number of anilines is 1. The monoisotopic (exact) mass is 321 g/mol. The normalized spacial score (nSPS) is 12.0. The molecule has 110 valence electrons. The summed E-state index contributed by atoms with van der Waals surface area (Å²) in [4.78, 5) is 20.4. The number of thioether (sulfide) groups is 1. The van der Waals surface area contributed by atoms with Gasteiger partial charge in [0.15, 0.2) is 0 Å². The summed E-state index contributed by atoms with van der Waals surface area (Å²) in [5.74, 6) is -0.0869. The van der Waals surface area contributed by atoms with E-state index < -0.39 is 0 Å². The smallest absolute Gasteiger partial charge is 0.237 e. The number of benzene rings is 1. The predicted octanol–water partition coefficient (Wildman–Crippen LogP) is 3.87. The molecular formula is C15H16ClN3OS. The van der Waals surface area contributed by atoms with Crippen LogP contribution < -0.4 is 5.32 Å². The van der Waals surface area contributed by atoms with Crippen LogP contribution in [0.25, 0.3) is 0 Å². The van der Waals surface area contributed by atoms with E-state index in [-0.39, 0.29) is 11.2 Å². The van der Waals surface area contributed by atoms with Crippen LogP contribution in [-0.4, -0.2) is 21.1 Å². The quantitative estimate of drug-likeness (QED) is 0.686. The molecular weight excluding hydrogens is 306 g/mol. The lowest BCUT2D eigenvalue weighted by atomic mass is 10.2. The lowest BCUT2D eigenvalue weighted by molar-refractivity contribution is -0.115. The van der Waals surface area contributed by atoms with E-state index in [0.29, 0.717) is 10.7 Å². The molecule has 4 nitrogen and oxygen atoms in total. The van der Waals surface area contributed by atoms with Gasteiger partial charge in [-0.3, -0.25) is 4.79 Å². The molecule has 1 heterocycles. The standard InChI is InChI=1S/C15H16ClN3OS/c1-9-4-5-12(7-13(9)16)19-15(20)11(3)21-14-6-10(2)17-8-18-14/h4-8,11H,1-3H3,(H,19,20). The number of amides is 1. The summed E-state index contributed by atoms with van der Waals surface area (Å²) in [5, 5.41) is 4.02. The van der Waals surface area contributed by atoms with Crippen LogP contribution in [0.5, 0.6) is 0 Å². The first-order chi connectivity index (χ1) is 9.95. The molecule has 2 rings (SSSR count). The molecule has 0 spiro atoms. The predicted molar refractivity (Wildman–Crippen MR) is 86.9 cm³/mol. The van der Waals surface area contributed by atoms with Gasteiger partial charge in [-0.05, 0) is 44.5 Å². The third-order valence-electron chi connectivity index (χ3n) is 2.88. The molecule has 0 radical (unpaired) electrons. The minimum Gasteiger partial charge on any atom is -0.325 e. The molecule has 0 fully saturated rings. The molecule has 1 unspecified atom stereocenters. The van der Waals surface area contributed by atoms with Crippen molar-refractivity contribution >= 4 is 35.0 Å². The molecule has 21 heavy (non-hydrogen) atoms. The van der Waals surface area contributed by atoms with E-state index in [2.05, 4.69) is 15.3 Å². The molecule has 1 atom stereocenters. The van der Waals surface area contributed by atoms with Crippen molar-refractivity contribution in [2.45, 2.75) is 31.0 Å². The minimum atomic E-state index is -0.264. The summed E-state index contributed by atoms with van der Waals surface area (Å²) in [5.41, 5.74) is 2.56. The SMILES string of the molecule is Cc1cc(SC(C)C(=O)Nc2ccc(C)c(Cl)c2)ncn1. The second-order valence-corrected chi connectivity index (χ2v) is 6.48. The number of halogens is 1. The molecule has 6 heteroatoms. The fraction of sp³-hybridized carbons (Fsp3) is 0.267. The number of carbonyl (C=O) groups excluding carboxylic acids is 1. The van der Waals surface area contributed by atoms with Gasteiger partial charge in [0.25, 0.3) is 0 Å². The number of hydrogen-bond acceptors (Lipinski definition) is 4. The first-order valence-corrected chi connectivity index (χ1v) is 7.74. The molecule has 1 aromatic heterocycles. The number of aromatic nitrogens is 2. The average Bonchev–Trinajstić information content (AvgIpc) is 2.43. The van der Waals surface area contributed by atoms with Gasteiger partial charge in [-0.1, -0.05) is 29.4 Å². The van der Waals surface area contributed by atoms with Crippen molar-refractivity contribution in [1.82, 2.24) is 9.97 Å². The Morgan fingerprint density at radius 1 is 1.29 bits per heavy atom. The summed E-state index contributed by atoms with van der Waals surface area (Å²) in [6.45, 7) is 5.65. The number of hydrogen-bond donors (Lipinski definition) is 1. The highest BCUT2D eigenvalue weighted by Crippen LogP contribution is 2.24. The van der Waals surface area contributed by atoms with Crippen LogP contribution in [0.3, 0.4) is 0 Å². The van der Waals surface area contributed by atoms with Crippen LogP contribution in [0.4, 0.5) is 5.69 Å². The maximum Gasteiger partial charge on any atom is 0.237 e. The number of aryl methyl sites for hydroxylation is 2. The van der Waals surface area contributed by atoms with Crippen LogP contribution in [0.15, 0.2) is 35.6 Å². The van der Waals surface area contributed by atoms with Crippen molar-refractivity contribution in [3.05, 3.63) is 46.9 Å². The Labute approximate surface area is 133 Å². The Morgan fingerprint density at radius 2 is 2.05 bits per heavy atom. The van der Waals surface area contributed by atoms with E-state index in [1.807, 2.05) is 39.0 Å². The van der Waals surface area contributed by atoms with Crippen LogP contribution in [0.2, 0.25) is 5.02 Å². The summed E-state index contributed by atoms with van der Waals surface area (Å²) >= 11 is 7.45. The van der Waals surface area contributed by atoms with Gasteiger partial charge in [0.05, 0.1) is 5.25 Å². The van der Waals surface area contributed by atoms with E-state index >= 15 is 0 Å². The highest BCUT2D eigenvalue weighted by molar-refractivity contribution is 8.00. The molecule has 1 amide bonds. The Bertz CT molecular complexity index is 663. The zero-order valence-corrected chi connectivity index (χ0v) is 13.6. The Kier molecular flexibility index (Phi) is 5.20. The van der Waals surface area contributed by atoms with E-state index in [1.165, 1.54) is 18.1 Å². The Hall–Kier alpha value is -1.59. The van der Waals surface area contributed by atoms with E-state index in [1.54, 1.807) is 6.07 Å². The fourth-order valence-electron chi connectivity index (χ4n) is 1.64. The third-order valence-corrected chi connectivity index (χ3v) is 4.32. The molecule has 0 saturated heterocycles. The van der Waals surface area contributed by atoms with Crippen LogP contribution in [0.1, 0.15) is 18.2 Å². The van der Waals surface area contributed by atoms with Gasteiger partial charge in [0.1, 0.15) is 11.4 Å². The molecule has 0 saturated carbocycles. The Morgan fingerprint density at radius 3 is 2.71 bits per heavy atom. The van der Waals surface area contributed by atoms with Gasteiger partial charge in [0, 0.05) is 16.4 Å². The largest absolute Gasteiger partial charge is 0.325 e. The number of rotatable bonds is 4. The highest BCUT2D eigenvalue weighted by Gasteiger charge is 2.15. The second kappa shape index (κ2) is 6.91. The van der Waals surface area contributed by atoms with E-state index in [9.17, 15) is 4.79 Å². The molecule has 2 aromatic rings. The van der Waals surface area contributed by atoms with E-state index in [0.717, 1.165) is 16.3 Å². The third kappa shape index (κ3) is 4.44. The Balaban J connectivity index is 2.00. The second-order valence-electron chi connectivity index (χ2n) is 4.71. The highest BCUT2D eigenvalue weighted by atomic mass is 35.5. The molecule has 0 aliphatic carbocycles. The van der Waals surface area contributed by atoms with Crippen molar-refractivity contribution in [3.63, 3.8) is 0 Å². The van der Waals surface area contributed by atoms with Crippen LogP contribution >= 0.6 is 23.4 Å². The van der Waals surface area contributed by atoms with Gasteiger partial charge < -0.3 is 5.32 Å². The van der Waals surface area contributed by atoms with Crippen LogP contribution in [-0.2, 0) is 4.79 Å². The lowest BCUT2D eigenvalue weighted by Gasteiger charge is -2.12. The van der Waals surface area contributed by atoms with Crippen molar-refractivity contribution in [3.8, 4) is 0 Å². The summed E-state index contributed by atoms with van der Waals surface area (Å²) in [6, 6.07) is 7.33. The summed E-state index contributed by atoms with van der Waals surface area (Å²) in [7, 11) is 0. The molecule has 0 bridgehead atoms. The van der Waals surface area contributed by atoms with Gasteiger partial charge in [-0.2, -0.15) is 0 Å². The topological polar surface area (TPSA) is 54.9 Å². The maximum absolute atomic E-state index is 12.2. The van der Waals surface area contributed by atoms with Gasteiger partial charge in [-0.15, -0.1) is 0 Å². The fourth-order valence-corrected chi connectivity index (χ4v) is 2.70. The maximum atomic E-state index is 12.2. The number of nitrogens with one attached hydrogen (secondary N) is 1. The molecule has 0 aliphatic heterocycles. The van der Waals surface area contributed by atoms with Gasteiger partial charge in [-0.25, -0.2) is 9.97 Å². The molecule has 1 N–H and O–H groups in total. The molecule has 0 aliphatic rings. The summed E-state index contributed by atoms with van der Waals surface area (Å²) in [6.07, 6.45) is 1.50. The van der Waals surface area contributed by atoms with Crippen molar-refractivity contribution in [1.29, 1.82) is 0 Å². The number of nitrogens with zero attached hydrogens (tertiary/aromatic N) is 2. The lowest BCUT2D eigenvalue weighted by Crippen LogP contribution is -2.22. The zero-order chi connectivity index (χ0) is 15.4. The first-order valence-electron chi connectivity index (χ1n) is 6.48. The van der Waals surface area contributed by atoms with Gasteiger partial charge >= 0.3 is 0 Å². The average molecular weight is 322 g/mol. The minimum absolute atomic E-state index is 0.0869. The van der Waals surface area contributed by atoms with Crippen molar-refractivity contribution in [2.24, 2.45) is 0 Å².